The minimum Gasteiger partial charge on any atom is -0.492 e. The minimum absolute atomic E-state index is 0.209. The van der Waals surface area contributed by atoms with E-state index in [0.29, 0.717) is 35.8 Å². The van der Waals surface area contributed by atoms with Crippen LogP contribution in [0.1, 0.15) is 5.56 Å². The molecular weight excluding hydrogens is 397 g/mol. The summed E-state index contributed by atoms with van der Waals surface area (Å²) in [5, 5.41) is 6.07. The number of hydrogen-bond acceptors (Lipinski definition) is 6. The standard InChI is InChI=1S/C20H17F3N6O/c21-20(22,23)13-6-8-14(9-7-13)27-19-28-17(16-18(29-19)26-12-25-16)24-10-11-30-15-4-2-1-3-5-15/h1-9,12H,10-11H2,(H3,24,25,26,27,28,29). The van der Waals surface area contributed by atoms with Crippen LogP contribution in [0.5, 0.6) is 5.75 Å². The Kier molecular flexibility index (Phi) is 5.38. The van der Waals surface area contributed by atoms with Crippen molar-refractivity contribution in [2.45, 2.75) is 6.18 Å². The number of halogens is 3. The molecule has 0 aliphatic rings. The van der Waals surface area contributed by atoms with Gasteiger partial charge in [-0.15, -0.1) is 0 Å². The molecule has 0 saturated carbocycles. The van der Waals surface area contributed by atoms with E-state index in [1.807, 2.05) is 30.3 Å². The first-order chi connectivity index (χ1) is 14.5. The third kappa shape index (κ3) is 4.59. The fraction of sp³-hybridized carbons (Fsp3) is 0.150. The van der Waals surface area contributed by atoms with E-state index in [1.54, 1.807) is 0 Å². The number of hydrogen-bond donors (Lipinski definition) is 3. The van der Waals surface area contributed by atoms with Gasteiger partial charge >= 0.3 is 6.18 Å². The van der Waals surface area contributed by atoms with Crippen molar-refractivity contribution in [3.05, 3.63) is 66.5 Å². The number of fused-ring (bicyclic) bond motifs is 1. The van der Waals surface area contributed by atoms with Crippen LogP contribution in [0.3, 0.4) is 0 Å². The van der Waals surface area contributed by atoms with Crippen molar-refractivity contribution in [2.75, 3.05) is 23.8 Å². The molecule has 2 aromatic heterocycles. The first-order valence-electron chi connectivity index (χ1n) is 9.06. The highest BCUT2D eigenvalue weighted by molar-refractivity contribution is 5.84. The van der Waals surface area contributed by atoms with Crippen LogP contribution >= 0.6 is 0 Å². The molecule has 0 aliphatic carbocycles. The van der Waals surface area contributed by atoms with E-state index in [0.717, 1.165) is 17.9 Å². The van der Waals surface area contributed by atoms with Gasteiger partial charge in [0, 0.05) is 5.69 Å². The first-order valence-corrected chi connectivity index (χ1v) is 9.06. The van der Waals surface area contributed by atoms with Crippen molar-refractivity contribution in [1.82, 2.24) is 19.9 Å². The smallest absolute Gasteiger partial charge is 0.416 e. The maximum absolute atomic E-state index is 12.7. The number of anilines is 3. The zero-order valence-electron chi connectivity index (χ0n) is 15.6. The van der Waals surface area contributed by atoms with Gasteiger partial charge in [-0.25, -0.2) is 4.98 Å². The third-order valence-electron chi connectivity index (χ3n) is 4.16. The van der Waals surface area contributed by atoms with Gasteiger partial charge in [0.25, 0.3) is 0 Å². The number of imidazole rings is 1. The van der Waals surface area contributed by atoms with Gasteiger partial charge in [0.2, 0.25) is 5.95 Å². The second-order valence-electron chi connectivity index (χ2n) is 6.29. The molecule has 0 amide bonds. The van der Waals surface area contributed by atoms with Crippen molar-refractivity contribution in [3.8, 4) is 5.75 Å². The molecular formula is C20H17F3N6O. The second kappa shape index (κ2) is 8.27. The number of alkyl halides is 3. The molecule has 4 aromatic rings. The van der Waals surface area contributed by atoms with E-state index >= 15 is 0 Å². The Morgan fingerprint density at radius 1 is 0.967 bits per heavy atom. The number of nitrogens with zero attached hydrogens (tertiary/aromatic N) is 3. The van der Waals surface area contributed by atoms with Crippen molar-refractivity contribution in [2.24, 2.45) is 0 Å². The van der Waals surface area contributed by atoms with E-state index in [1.165, 1.54) is 18.5 Å². The molecule has 0 radical (unpaired) electrons. The van der Waals surface area contributed by atoms with Gasteiger partial charge in [-0.1, -0.05) is 18.2 Å². The SMILES string of the molecule is FC(F)(F)c1ccc(Nc2nc(NCCOc3ccccc3)c3[nH]cnc3n2)cc1. The quantitative estimate of drug-likeness (QED) is 0.383. The third-order valence-corrected chi connectivity index (χ3v) is 4.16. The van der Waals surface area contributed by atoms with Crippen molar-refractivity contribution >= 4 is 28.6 Å². The van der Waals surface area contributed by atoms with Crippen molar-refractivity contribution in [3.63, 3.8) is 0 Å². The monoisotopic (exact) mass is 414 g/mol. The number of nitrogens with one attached hydrogen (secondary N) is 3. The summed E-state index contributed by atoms with van der Waals surface area (Å²) >= 11 is 0. The summed E-state index contributed by atoms with van der Waals surface area (Å²) in [4.78, 5) is 15.8. The van der Waals surface area contributed by atoms with E-state index < -0.39 is 11.7 Å². The lowest BCUT2D eigenvalue weighted by Gasteiger charge is -2.11. The average molecular weight is 414 g/mol. The summed E-state index contributed by atoms with van der Waals surface area (Å²) in [6.07, 6.45) is -2.89. The lowest BCUT2D eigenvalue weighted by atomic mass is 10.2. The van der Waals surface area contributed by atoms with Gasteiger partial charge in [-0.05, 0) is 36.4 Å². The Morgan fingerprint density at radius 3 is 2.47 bits per heavy atom. The zero-order valence-corrected chi connectivity index (χ0v) is 15.6. The maximum atomic E-state index is 12.7. The highest BCUT2D eigenvalue weighted by Crippen LogP contribution is 2.30. The molecule has 30 heavy (non-hydrogen) atoms. The average Bonchev–Trinajstić information content (AvgIpc) is 3.20. The van der Waals surface area contributed by atoms with Crippen LogP contribution in [0.15, 0.2) is 60.9 Å². The number of ether oxygens (including phenoxy) is 1. The summed E-state index contributed by atoms with van der Waals surface area (Å²) in [5.41, 5.74) is 0.743. The molecule has 154 valence electrons. The number of benzene rings is 2. The molecule has 10 heteroatoms. The minimum atomic E-state index is -4.39. The Balaban J connectivity index is 1.45. The molecule has 7 nitrogen and oxygen atoms in total. The highest BCUT2D eigenvalue weighted by Gasteiger charge is 2.29. The van der Waals surface area contributed by atoms with Crippen LogP contribution in [0.2, 0.25) is 0 Å². The van der Waals surface area contributed by atoms with Gasteiger partial charge in [-0.2, -0.15) is 23.1 Å². The Hall–Kier alpha value is -3.82. The Bertz CT molecular complexity index is 1110. The fourth-order valence-corrected chi connectivity index (χ4v) is 2.74. The van der Waals surface area contributed by atoms with Crippen LogP contribution in [0, 0.1) is 0 Å². The topological polar surface area (TPSA) is 87.8 Å². The zero-order chi connectivity index (χ0) is 21.0. The van der Waals surface area contributed by atoms with Crippen molar-refractivity contribution in [1.29, 1.82) is 0 Å². The van der Waals surface area contributed by atoms with Gasteiger partial charge in [0.1, 0.15) is 17.9 Å². The normalized spacial score (nSPS) is 11.4. The predicted octanol–water partition coefficient (Wildman–Crippen LogP) is 4.61. The van der Waals surface area contributed by atoms with Crippen molar-refractivity contribution < 1.29 is 17.9 Å². The molecule has 0 spiro atoms. The number of para-hydroxylation sites is 1. The van der Waals surface area contributed by atoms with Crippen LogP contribution in [0.25, 0.3) is 11.2 Å². The summed E-state index contributed by atoms with van der Waals surface area (Å²) in [6.45, 7) is 0.880. The molecule has 2 aromatic carbocycles. The van der Waals surface area contributed by atoms with Crippen LogP contribution < -0.4 is 15.4 Å². The predicted molar refractivity (Wildman–Crippen MR) is 107 cm³/mol. The van der Waals surface area contributed by atoms with E-state index in [4.69, 9.17) is 4.74 Å². The van der Waals surface area contributed by atoms with E-state index in [2.05, 4.69) is 30.6 Å². The molecule has 0 bridgehead atoms. The summed E-state index contributed by atoms with van der Waals surface area (Å²) < 4.78 is 43.8. The van der Waals surface area contributed by atoms with E-state index in [9.17, 15) is 13.2 Å². The fourth-order valence-electron chi connectivity index (χ4n) is 2.74. The van der Waals surface area contributed by atoms with Crippen LogP contribution in [-0.2, 0) is 6.18 Å². The van der Waals surface area contributed by atoms with Crippen LogP contribution in [0.4, 0.5) is 30.6 Å². The molecule has 4 rings (SSSR count). The molecule has 0 saturated heterocycles. The molecule has 2 heterocycles. The lowest BCUT2D eigenvalue weighted by Crippen LogP contribution is -2.13. The number of aromatic amines is 1. The van der Waals surface area contributed by atoms with Gasteiger partial charge in [0.05, 0.1) is 18.4 Å². The molecule has 0 fully saturated rings. The molecule has 0 aliphatic heterocycles. The summed E-state index contributed by atoms with van der Waals surface area (Å²) in [6, 6.07) is 14.1. The van der Waals surface area contributed by atoms with Crippen LogP contribution in [-0.4, -0.2) is 33.1 Å². The van der Waals surface area contributed by atoms with Gasteiger partial charge in [0.15, 0.2) is 11.5 Å². The summed E-state index contributed by atoms with van der Waals surface area (Å²) in [7, 11) is 0. The Labute approximate surface area is 169 Å². The first kappa shape index (κ1) is 19.5. The van der Waals surface area contributed by atoms with E-state index in [-0.39, 0.29) is 5.95 Å². The number of aromatic nitrogens is 4. The lowest BCUT2D eigenvalue weighted by molar-refractivity contribution is -0.137. The number of rotatable bonds is 7. The van der Waals surface area contributed by atoms with Gasteiger partial charge < -0.3 is 20.4 Å². The van der Waals surface area contributed by atoms with Gasteiger partial charge in [-0.3, -0.25) is 0 Å². The number of H-pyrrole nitrogens is 1. The molecule has 3 N–H and O–H groups in total. The second-order valence-corrected chi connectivity index (χ2v) is 6.29. The largest absolute Gasteiger partial charge is 0.492 e. The maximum Gasteiger partial charge on any atom is 0.416 e. The molecule has 0 unspecified atom stereocenters. The molecule has 0 atom stereocenters. The Morgan fingerprint density at radius 2 is 1.73 bits per heavy atom. The highest BCUT2D eigenvalue weighted by atomic mass is 19.4. The summed E-state index contributed by atoms with van der Waals surface area (Å²) in [5.74, 6) is 1.47.